The van der Waals surface area contributed by atoms with Crippen LogP contribution in [0.25, 0.3) is 0 Å². The van der Waals surface area contributed by atoms with E-state index in [1.54, 1.807) is 7.11 Å². The molecule has 0 radical (unpaired) electrons. The fraction of sp³-hybridized carbons (Fsp3) is 0.933. The van der Waals surface area contributed by atoms with E-state index in [1.807, 2.05) is 0 Å². The van der Waals surface area contributed by atoms with Crippen LogP contribution in [0.5, 0.6) is 0 Å². The summed E-state index contributed by atoms with van der Waals surface area (Å²) in [5.74, 6) is 0.808. The van der Waals surface area contributed by atoms with Crippen molar-refractivity contribution in [2.24, 2.45) is 5.92 Å². The van der Waals surface area contributed by atoms with Crippen LogP contribution in [0.15, 0.2) is 0 Å². The number of nitrogens with one attached hydrogen (secondary N) is 2. The molecule has 2 aliphatic rings. The van der Waals surface area contributed by atoms with Gasteiger partial charge < -0.3 is 15.4 Å². The summed E-state index contributed by atoms with van der Waals surface area (Å²) in [5.41, 5.74) is 0. The van der Waals surface area contributed by atoms with E-state index >= 15 is 0 Å². The van der Waals surface area contributed by atoms with Gasteiger partial charge >= 0.3 is 0 Å². The topological polar surface area (TPSA) is 50.4 Å². The van der Waals surface area contributed by atoms with Crippen LogP contribution in [0.3, 0.4) is 0 Å². The first-order chi connectivity index (χ1) is 9.20. The predicted molar refractivity (Wildman–Crippen MR) is 76.0 cm³/mol. The molecule has 3 atom stereocenters. The lowest BCUT2D eigenvalue weighted by Crippen LogP contribution is -2.46. The molecular weight excluding hydrogens is 240 g/mol. The van der Waals surface area contributed by atoms with Crippen LogP contribution in [0.4, 0.5) is 0 Å². The van der Waals surface area contributed by atoms with E-state index in [1.165, 1.54) is 38.5 Å². The molecule has 0 spiro atoms. The van der Waals surface area contributed by atoms with Gasteiger partial charge in [0.2, 0.25) is 5.91 Å². The average molecular weight is 268 g/mol. The number of carbonyl (C=O) groups is 1. The van der Waals surface area contributed by atoms with Gasteiger partial charge in [-0.15, -0.1) is 0 Å². The van der Waals surface area contributed by atoms with Gasteiger partial charge in [-0.2, -0.15) is 0 Å². The van der Waals surface area contributed by atoms with Crippen LogP contribution in [0, 0.1) is 5.92 Å². The van der Waals surface area contributed by atoms with E-state index in [9.17, 15) is 4.79 Å². The molecule has 0 aromatic heterocycles. The minimum Gasteiger partial charge on any atom is -0.380 e. The molecule has 1 aliphatic heterocycles. The minimum atomic E-state index is -0.0711. The number of methoxy groups -OCH3 is 1. The number of ether oxygens (including phenoxy) is 1. The van der Waals surface area contributed by atoms with Crippen molar-refractivity contribution in [1.29, 1.82) is 0 Å². The Kier molecular flexibility index (Phi) is 5.64. The first kappa shape index (κ1) is 14.8. The summed E-state index contributed by atoms with van der Waals surface area (Å²) in [6, 6.07) is 0.229. The van der Waals surface area contributed by atoms with Gasteiger partial charge in [-0.25, -0.2) is 0 Å². The third-order valence-electron chi connectivity index (χ3n) is 4.72. The van der Waals surface area contributed by atoms with Crippen LogP contribution < -0.4 is 10.6 Å². The van der Waals surface area contributed by atoms with Gasteiger partial charge in [0, 0.05) is 19.7 Å². The van der Waals surface area contributed by atoms with Crippen molar-refractivity contribution in [3.8, 4) is 0 Å². The van der Waals surface area contributed by atoms with E-state index < -0.39 is 0 Å². The molecule has 19 heavy (non-hydrogen) atoms. The van der Waals surface area contributed by atoms with E-state index in [0.717, 1.165) is 13.0 Å². The zero-order valence-corrected chi connectivity index (χ0v) is 12.3. The van der Waals surface area contributed by atoms with Crippen molar-refractivity contribution < 1.29 is 9.53 Å². The highest BCUT2D eigenvalue weighted by Crippen LogP contribution is 2.25. The maximum Gasteiger partial charge on any atom is 0.237 e. The van der Waals surface area contributed by atoms with Crippen molar-refractivity contribution >= 4 is 5.91 Å². The molecule has 0 aromatic rings. The third kappa shape index (κ3) is 4.18. The van der Waals surface area contributed by atoms with Crippen molar-refractivity contribution in [3.05, 3.63) is 0 Å². The number of rotatable bonds is 4. The van der Waals surface area contributed by atoms with E-state index in [0.29, 0.717) is 12.0 Å². The second-order valence-corrected chi connectivity index (χ2v) is 6.10. The molecule has 2 rings (SSSR count). The highest BCUT2D eigenvalue weighted by molar-refractivity contribution is 5.82. The summed E-state index contributed by atoms with van der Waals surface area (Å²) in [7, 11) is 1.71. The largest absolute Gasteiger partial charge is 0.380 e. The molecule has 4 nitrogen and oxygen atoms in total. The molecule has 110 valence electrons. The highest BCUT2D eigenvalue weighted by Gasteiger charge is 2.31. The smallest absolute Gasteiger partial charge is 0.237 e. The predicted octanol–water partition coefficient (Wildman–Crippen LogP) is 1.84. The van der Waals surface area contributed by atoms with E-state index in [4.69, 9.17) is 4.74 Å². The quantitative estimate of drug-likeness (QED) is 0.765. The van der Waals surface area contributed by atoms with Crippen LogP contribution in [0.1, 0.15) is 51.9 Å². The molecule has 1 aliphatic carbocycles. The van der Waals surface area contributed by atoms with Crippen LogP contribution in [-0.2, 0) is 9.53 Å². The normalized spacial score (nSPS) is 30.8. The lowest BCUT2D eigenvalue weighted by atomic mass is 9.93. The number of hydrogen-bond donors (Lipinski definition) is 2. The van der Waals surface area contributed by atoms with E-state index in [-0.39, 0.29) is 18.1 Å². The SMILES string of the molecule is COC1CNC(C(=O)N[C@H](C)C2CCCCCC2)C1. The summed E-state index contributed by atoms with van der Waals surface area (Å²) < 4.78 is 5.29. The molecule has 0 bridgehead atoms. The van der Waals surface area contributed by atoms with Gasteiger partial charge in [0.1, 0.15) is 0 Å². The molecule has 4 heteroatoms. The van der Waals surface area contributed by atoms with Gasteiger partial charge in [-0.05, 0) is 32.1 Å². The Morgan fingerprint density at radius 2 is 1.95 bits per heavy atom. The second-order valence-electron chi connectivity index (χ2n) is 6.10. The lowest BCUT2D eigenvalue weighted by Gasteiger charge is -2.25. The van der Waals surface area contributed by atoms with Gasteiger partial charge in [0.05, 0.1) is 12.1 Å². The molecule has 1 saturated heterocycles. The monoisotopic (exact) mass is 268 g/mol. The molecule has 2 fully saturated rings. The average Bonchev–Trinajstić information content (AvgIpc) is 2.73. The number of amides is 1. The number of carbonyl (C=O) groups excluding carboxylic acids is 1. The van der Waals surface area contributed by atoms with Gasteiger partial charge in [-0.3, -0.25) is 4.79 Å². The molecular formula is C15H28N2O2. The Morgan fingerprint density at radius 3 is 2.53 bits per heavy atom. The molecule has 1 saturated carbocycles. The summed E-state index contributed by atoms with van der Waals surface area (Å²) in [6.45, 7) is 2.95. The zero-order valence-electron chi connectivity index (χ0n) is 12.3. The Bertz CT molecular complexity index is 288. The molecule has 2 unspecified atom stereocenters. The van der Waals surface area contributed by atoms with Crippen LogP contribution in [-0.4, -0.2) is 37.7 Å². The Labute approximate surface area is 116 Å². The van der Waals surface area contributed by atoms with Crippen molar-refractivity contribution in [2.75, 3.05) is 13.7 Å². The highest BCUT2D eigenvalue weighted by atomic mass is 16.5. The fourth-order valence-corrected chi connectivity index (χ4v) is 3.34. The van der Waals surface area contributed by atoms with Gasteiger partial charge in [-0.1, -0.05) is 25.7 Å². The lowest BCUT2D eigenvalue weighted by molar-refractivity contribution is -0.124. The number of hydrogen-bond acceptors (Lipinski definition) is 3. The summed E-state index contributed by atoms with van der Waals surface area (Å²) in [6.07, 6.45) is 8.86. The first-order valence-electron chi connectivity index (χ1n) is 7.77. The fourth-order valence-electron chi connectivity index (χ4n) is 3.34. The van der Waals surface area contributed by atoms with Crippen molar-refractivity contribution in [1.82, 2.24) is 10.6 Å². The summed E-state index contributed by atoms with van der Waals surface area (Å²) >= 11 is 0. The second kappa shape index (κ2) is 7.25. The summed E-state index contributed by atoms with van der Waals surface area (Å²) in [5, 5.41) is 6.45. The molecule has 1 heterocycles. The Balaban J connectivity index is 1.77. The molecule has 1 amide bonds. The minimum absolute atomic E-state index is 0.0711. The molecule has 2 N–H and O–H groups in total. The van der Waals surface area contributed by atoms with Gasteiger partial charge in [0.15, 0.2) is 0 Å². The summed E-state index contributed by atoms with van der Waals surface area (Å²) in [4.78, 5) is 12.2. The maximum atomic E-state index is 12.2. The zero-order chi connectivity index (χ0) is 13.7. The van der Waals surface area contributed by atoms with Crippen LogP contribution in [0.2, 0.25) is 0 Å². The Hall–Kier alpha value is -0.610. The maximum absolute atomic E-state index is 12.2. The van der Waals surface area contributed by atoms with Crippen molar-refractivity contribution in [2.45, 2.75) is 70.1 Å². The van der Waals surface area contributed by atoms with Crippen LogP contribution >= 0.6 is 0 Å². The molecule has 0 aromatic carbocycles. The first-order valence-corrected chi connectivity index (χ1v) is 7.77. The van der Waals surface area contributed by atoms with E-state index in [2.05, 4.69) is 17.6 Å². The standard InChI is InChI=1S/C15H28N2O2/c1-11(12-7-5-3-4-6-8-12)17-15(18)14-9-13(19-2)10-16-14/h11-14,16H,3-10H2,1-2H3,(H,17,18)/t11-,13?,14?/m1/s1. The van der Waals surface area contributed by atoms with Gasteiger partial charge in [0.25, 0.3) is 0 Å². The van der Waals surface area contributed by atoms with Crippen molar-refractivity contribution in [3.63, 3.8) is 0 Å². The Morgan fingerprint density at radius 1 is 1.26 bits per heavy atom. The third-order valence-corrected chi connectivity index (χ3v) is 4.72.